The third-order valence-corrected chi connectivity index (χ3v) is 2.91. The third kappa shape index (κ3) is 2.33. The maximum atomic E-state index is 11.6. The van der Waals surface area contributed by atoms with Crippen LogP contribution >= 0.6 is 31.9 Å². The number of hydrogen-bond acceptors (Lipinski definition) is 2. The zero-order chi connectivity index (χ0) is 11.7. The first-order valence-electron chi connectivity index (χ1n) is 4.35. The summed E-state index contributed by atoms with van der Waals surface area (Å²) in [6, 6.07) is 5.46. The fraction of sp³-hybridized carbons (Fsp3) is 0. The van der Waals surface area contributed by atoms with Crippen molar-refractivity contribution in [2.75, 3.05) is 0 Å². The number of rotatable bonds is 1. The van der Waals surface area contributed by atoms with Crippen LogP contribution < -0.4 is 11.2 Å². The van der Waals surface area contributed by atoms with E-state index < -0.39 is 11.2 Å². The lowest BCUT2D eigenvalue weighted by Gasteiger charge is -2.01. The normalized spacial score (nSPS) is 10.4. The van der Waals surface area contributed by atoms with Gasteiger partial charge in [-0.3, -0.25) is 9.78 Å². The van der Waals surface area contributed by atoms with Gasteiger partial charge in [-0.25, -0.2) is 4.79 Å². The van der Waals surface area contributed by atoms with Crippen LogP contribution in [-0.2, 0) is 0 Å². The zero-order valence-electron chi connectivity index (χ0n) is 7.88. The van der Waals surface area contributed by atoms with Crippen LogP contribution in [0.15, 0.2) is 42.9 Å². The van der Waals surface area contributed by atoms with E-state index in [-0.39, 0.29) is 0 Å². The fourth-order valence-electron chi connectivity index (χ4n) is 1.33. The lowest BCUT2D eigenvalue weighted by Crippen LogP contribution is -2.22. The topological polar surface area (TPSA) is 65.7 Å². The number of benzene rings is 1. The van der Waals surface area contributed by atoms with E-state index >= 15 is 0 Å². The van der Waals surface area contributed by atoms with Gasteiger partial charge in [0.1, 0.15) is 0 Å². The summed E-state index contributed by atoms with van der Waals surface area (Å²) in [7, 11) is 0. The maximum absolute atomic E-state index is 11.6. The van der Waals surface area contributed by atoms with Crippen LogP contribution in [0, 0.1) is 0 Å². The van der Waals surface area contributed by atoms with Gasteiger partial charge in [0.2, 0.25) is 0 Å². The van der Waals surface area contributed by atoms with E-state index in [0.717, 1.165) is 14.5 Å². The van der Waals surface area contributed by atoms with Crippen molar-refractivity contribution in [3.05, 3.63) is 54.2 Å². The Hall–Kier alpha value is -1.14. The van der Waals surface area contributed by atoms with Gasteiger partial charge in [-0.1, -0.05) is 31.9 Å². The first kappa shape index (κ1) is 11.3. The molecule has 0 bridgehead atoms. The van der Waals surface area contributed by atoms with Crippen molar-refractivity contribution in [1.82, 2.24) is 9.97 Å². The number of H-pyrrole nitrogens is 2. The number of nitrogens with one attached hydrogen (secondary N) is 2. The van der Waals surface area contributed by atoms with E-state index in [0.29, 0.717) is 5.56 Å². The molecule has 2 N–H and O–H groups in total. The van der Waals surface area contributed by atoms with Gasteiger partial charge in [0, 0.05) is 15.1 Å². The molecule has 4 nitrogen and oxygen atoms in total. The van der Waals surface area contributed by atoms with Gasteiger partial charge in [-0.15, -0.1) is 0 Å². The first-order valence-corrected chi connectivity index (χ1v) is 5.93. The van der Waals surface area contributed by atoms with Crippen molar-refractivity contribution >= 4 is 31.9 Å². The molecule has 0 saturated heterocycles. The van der Waals surface area contributed by atoms with Crippen LogP contribution in [0.25, 0.3) is 11.1 Å². The average molecular weight is 346 g/mol. The minimum absolute atomic E-state index is 0.409. The summed E-state index contributed by atoms with van der Waals surface area (Å²) in [4.78, 5) is 27.1. The summed E-state index contributed by atoms with van der Waals surface area (Å²) in [6.45, 7) is 0. The molecule has 1 aromatic carbocycles. The Balaban J connectivity index is 2.67. The average Bonchev–Trinajstić information content (AvgIpc) is 2.15. The van der Waals surface area contributed by atoms with Crippen molar-refractivity contribution in [2.45, 2.75) is 0 Å². The molecular weight excluding hydrogens is 340 g/mol. The molecule has 2 rings (SSSR count). The Morgan fingerprint density at radius 1 is 1.00 bits per heavy atom. The molecule has 0 radical (unpaired) electrons. The van der Waals surface area contributed by atoms with Crippen molar-refractivity contribution in [3.63, 3.8) is 0 Å². The smallest absolute Gasteiger partial charge is 0.313 e. The number of aromatic nitrogens is 2. The van der Waals surface area contributed by atoms with Crippen molar-refractivity contribution in [3.8, 4) is 11.1 Å². The van der Waals surface area contributed by atoms with Crippen LogP contribution in [0.3, 0.4) is 0 Å². The molecule has 0 fully saturated rings. The number of hydrogen-bond donors (Lipinski definition) is 2. The van der Waals surface area contributed by atoms with Gasteiger partial charge in [0.25, 0.3) is 5.56 Å². The van der Waals surface area contributed by atoms with E-state index in [1.54, 1.807) is 12.1 Å². The lowest BCUT2D eigenvalue weighted by atomic mass is 10.1. The number of aromatic amines is 2. The van der Waals surface area contributed by atoms with Gasteiger partial charge in [-0.05, 0) is 23.8 Å². The van der Waals surface area contributed by atoms with Gasteiger partial charge >= 0.3 is 5.69 Å². The Morgan fingerprint density at radius 2 is 1.62 bits per heavy atom. The Morgan fingerprint density at radius 3 is 2.19 bits per heavy atom. The predicted molar refractivity (Wildman–Crippen MR) is 68.5 cm³/mol. The second-order valence-electron chi connectivity index (χ2n) is 3.14. The highest BCUT2D eigenvalue weighted by molar-refractivity contribution is 9.11. The molecule has 0 unspecified atom stereocenters. The van der Waals surface area contributed by atoms with Gasteiger partial charge in [0.15, 0.2) is 0 Å². The van der Waals surface area contributed by atoms with Gasteiger partial charge < -0.3 is 4.98 Å². The molecule has 0 saturated carbocycles. The molecule has 0 amide bonds. The molecule has 0 aliphatic heterocycles. The van der Waals surface area contributed by atoms with Crippen LogP contribution in [0.5, 0.6) is 0 Å². The van der Waals surface area contributed by atoms with Crippen LogP contribution in [0.4, 0.5) is 0 Å². The largest absolute Gasteiger partial charge is 0.325 e. The molecule has 1 aromatic heterocycles. The van der Waals surface area contributed by atoms with E-state index in [1.165, 1.54) is 6.20 Å². The molecule has 6 heteroatoms. The summed E-state index contributed by atoms with van der Waals surface area (Å²) in [5, 5.41) is 0. The van der Waals surface area contributed by atoms with Crippen LogP contribution in [0.1, 0.15) is 0 Å². The van der Waals surface area contributed by atoms with E-state index in [2.05, 4.69) is 41.8 Å². The van der Waals surface area contributed by atoms with Gasteiger partial charge in [-0.2, -0.15) is 0 Å². The maximum Gasteiger partial charge on any atom is 0.325 e. The van der Waals surface area contributed by atoms with Crippen LogP contribution in [0.2, 0.25) is 0 Å². The molecule has 0 aliphatic rings. The van der Waals surface area contributed by atoms with E-state index in [1.807, 2.05) is 6.07 Å². The Labute approximate surface area is 107 Å². The van der Waals surface area contributed by atoms with Gasteiger partial charge in [0.05, 0.1) is 5.56 Å². The Bertz CT molecular complexity index is 626. The third-order valence-electron chi connectivity index (χ3n) is 1.99. The molecule has 0 aliphatic carbocycles. The molecule has 82 valence electrons. The summed E-state index contributed by atoms with van der Waals surface area (Å²) < 4.78 is 1.70. The zero-order valence-corrected chi connectivity index (χ0v) is 11.1. The SMILES string of the molecule is O=c1[nH]cc(-c2cc(Br)cc(Br)c2)c(=O)[nH]1. The molecule has 16 heavy (non-hydrogen) atoms. The summed E-state index contributed by atoms with van der Waals surface area (Å²) >= 11 is 6.67. The second kappa shape index (κ2) is 4.39. The highest BCUT2D eigenvalue weighted by Gasteiger charge is 2.05. The van der Waals surface area contributed by atoms with Crippen molar-refractivity contribution in [1.29, 1.82) is 0 Å². The monoisotopic (exact) mass is 344 g/mol. The highest BCUT2D eigenvalue weighted by atomic mass is 79.9. The fourth-order valence-corrected chi connectivity index (χ4v) is 2.63. The molecular formula is C10H6Br2N2O2. The van der Waals surface area contributed by atoms with E-state index in [4.69, 9.17) is 0 Å². The quantitative estimate of drug-likeness (QED) is 0.832. The predicted octanol–water partition coefficient (Wildman–Crippen LogP) is 2.26. The standard InChI is InChI=1S/C10H6Br2N2O2/c11-6-1-5(2-7(12)3-6)8-4-13-10(16)14-9(8)15/h1-4H,(H2,13,14,15,16). The minimum atomic E-state index is -0.511. The highest BCUT2D eigenvalue weighted by Crippen LogP contribution is 2.25. The molecule has 1 heterocycles. The van der Waals surface area contributed by atoms with Crippen molar-refractivity contribution < 1.29 is 0 Å². The molecule has 0 atom stereocenters. The molecule has 0 spiro atoms. The Kier molecular flexibility index (Phi) is 3.11. The minimum Gasteiger partial charge on any atom is -0.313 e. The summed E-state index contributed by atoms with van der Waals surface area (Å²) in [5.74, 6) is 0. The first-order chi connectivity index (χ1) is 7.56. The number of halogens is 2. The summed E-state index contributed by atoms with van der Waals surface area (Å²) in [5.41, 5.74) is 0.219. The van der Waals surface area contributed by atoms with E-state index in [9.17, 15) is 9.59 Å². The van der Waals surface area contributed by atoms with Crippen molar-refractivity contribution in [2.24, 2.45) is 0 Å². The second-order valence-corrected chi connectivity index (χ2v) is 4.98. The summed E-state index contributed by atoms with van der Waals surface area (Å²) in [6.07, 6.45) is 1.40. The molecule has 2 aromatic rings. The van der Waals surface area contributed by atoms with Crippen LogP contribution in [-0.4, -0.2) is 9.97 Å². The lowest BCUT2D eigenvalue weighted by molar-refractivity contribution is 1.04.